The Kier molecular flexibility index (Phi) is 4.60. The Morgan fingerprint density at radius 3 is 2.60 bits per heavy atom. The summed E-state index contributed by atoms with van der Waals surface area (Å²) < 4.78 is 65.2. The maximum Gasteiger partial charge on any atom is 0.417 e. The number of halogens is 4. The van der Waals surface area contributed by atoms with Crippen molar-refractivity contribution in [3.63, 3.8) is 0 Å². The standard InChI is InChI=1S/C18H17F4NO2/c1-24-12-4-5-14(16(8-12)18(20,21)22)15-7-11(19)6-10-2-3-13(9-23)25-17(10)15/h4-8,13H,2-3,9,23H2,1H3/t13-/m1/s1. The Morgan fingerprint density at radius 2 is 1.96 bits per heavy atom. The van der Waals surface area contributed by atoms with E-state index in [0.29, 0.717) is 18.4 Å². The van der Waals surface area contributed by atoms with Crippen LogP contribution in [0.15, 0.2) is 30.3 Å². The third-order valence-corrected chi connectivity index (χ3v) is 4.24. The molecule has 7 heteroatoms. The molecule has 25 heavy (non-hydrogen) atoms. The topological polar surface area (TPSA) is 44.5 Å². The van der Waals surface area contributed by atoms with Crippen LogP contribution in [0.3, 0.4) is 0 Å². The molecule has 3 rings (SSSR count). The highest BCUT2D eigenvalue weighted by Gasteiger charge is 2.36. The summed E-state index contributed by atoms with van der Waals surface area (Å²) in [6.07, 6.45) is -3.82. The largest absolute Gasteiger partial charge is 0.497 e. The van der Waals surface area contributed by atoms with Gasteiger partial charge in [-0.25, -0.2) is 4.39 Å². The normalized spacial score (nSPS) is 17.0. The van der Waals surface area contributed by atoms with Crippen LogP contribution in [-0.2, 0) is 12.6 Å². The maximum absolute atomic E-state index is 14.0. The number of hydrogen-bond donors (Lipinski definition) is 1. The monoisotopic (exact) mass is 355 g/mol. The zero-order valence-corrected chi connectivity index (χ0v) is 13.5. The van der Waals surface area contributed by atoms with Crippen molar-refractivity contribution in [2.45, 2.75) is 25.1 Å². The fraction of sp³-hybridized carbons (Fsp3) is 0.333. The van der Waals surface area contributed by atoms with Crippen molar-refractivity contribution in [3.8, 4) is 22.6 Å². The molecule has 0 spiro atoms. The number of methoxy groups -OCH3 is 1. The highest BCUT2D eigenvalue weighted by atomic mass is 19.4. The lowest BCUT2D eigenvalue weighted by atomic mass is 9.92. The number of fused-ring (bicyclic) bond motifs is 1. The summed E-state index contributed by atoms with van der Waals surface area (Å²) in [7, 11) is 1.29. The van der Waals surface area contributed by atoms with Gasteiger partial charge in [0, 0.05) is 12.1 Å². The Hall–Kier alpha value is -2.28. The molecule has 0 saturated heterocycles. The highest BCUT2D eigenvalue weighted by Crippen LogP contribution is 2.45. The Morgan fingerprint density at radius 1 is 1.20 bits per heavy atom. The maximum atomic E-state index is 14.0. The first kappa shape index (κ1) is 17.5. The summed E-state index contributed by atoms with van der Waals surface area (Å²) in [6.45, 7) is 0.241. The SMILES string of the molecule is COc1ccc(-c2cc(F)cc3c2O[C@@H](CN)CC3)c(C(F)(F)F)c1. The van der Waals surface area contributed by atoms with Gasteiger partial charge in [0.15, 0.2) is 0 Å². The minimum Gasteiger partial charge on any atom is -0.497 e. The van der Waals surface area contributed by atoms with Gasteiger partial charge in [0.05, 0.1) is 12.7 Å². The number of benzene rings is 2. The average molecular weight is 355 g/mol. The summed E-state index contributed by atoms with van der Waals surface area (Å²) in [6, 6.07) is 5.93. The van der Waals surface area contributed by atoms with Crippen LogP contribution in [0.25, 0.3) is 11.1 Å². The fourth-order valence-electron chi connectivity index (χ4n) is 3.00. The number of rotatable bonds is 3. The first-order valence-electron chi connectivity index (χ1n) is 7.78. The first-order valence-corrected chi connectivity index (χ1v) is 7.78. The Balaban J connectivity index is 2.22. The van der Waals surface area contributed by atoms with E-state index in [1.54, 1.807) is 0 Å². The number of nitrogens with two attached hydrogens (primary N) is 1. The van der Waals surface area contributed by atoms with Crippen molar-refractivity contribution < 1.29 is 27.0 Å². The van der Waals surface area contributed by atoms with Gasteiger partial charge < -0.3 is 15.2 Å². The fourth-order valence-corrected chi connectivity index (χ4v) is 3.00. The van der Waals surface area contributed by atoms with Crippen molar-refractivity contribution >= 4 is 0 Å². The van der Waals surface area contributed by atoms with Crippen LogP contribution in [0.5, 0.6) is 11.5 Å². The van der Waals surface area contributed by atoms with Crippen molar-refractivity contribution in [3.05, 3.63) is 47.3 Å². The third-order valence-electron chi connectivity index (χ3n) is 4.24. The molecular weight excluding hydrogens is 338 g/mol. The van der Waals surface area contributed by atoms with E-state index in [4.69, 9.17) is 15.2 Å². The number of aryl methyl sites for hydroxylation is 1. The molecule has 1 aliphatic heterocycles. The summed E-state index contributed by atoms with van der Waals surface area (Å²) in [5.41, 5.74) is 5.18. The zero-order valence-electron chi connectivity index (χ0n) is 13.5. The molecule has 134 valence electrons. The van der Waals surface area contributed by atoms with Gasteiger partial charge in [-0.05, 0) is 54.3 Å². The van der Waals surface area contributed by atoms with Gasteiger partial charge >= 0.3 is 6.18 Å². The van der Waals surface area contributed by atoms with Gasteiger partial charge in [-0.1, -0.05) is 0 Å². The lowest BCUT2D eigenvalue weighted by Gasteiger charge is -2.28. The lowest BCUT2D eigenvalue weighted by Crippen LogP contribution is -2.30. The van der Waals surface area contributed by atoms with Crippen molar-refractivity contribution in [2.75, 3.05) is 13.7 Å². The molecule has 0 aliphatic carbocycles. The molecule has 0 unspecified atom stereocenters. The van der Waals surface area contributed by atoms with E-state index in [0.717, 1.165) is 12.1 Å². The van der Waals surface area contributed by atoms with Crippen LogP contribution in [0, 0.1) is 5.82 Å². The minimum atomic E-state index is -4.62. The van der Waals surface area contributed by atoms with Crippen molar-refractivity contribution in [1.29, 1.82) is 0 Å². The van der Waals surface area contributed by atoms with Crippen LogP contribution in [0.2, 0.25) is 0 Å². The Labute approximate surface area is 142 Å². The molecule has 0 aromatic heterocycles. The van der Waals surface area contributed by atoms with Gasteiger partial charge in [0.25, 0.3) is 0 Å². The molecule has 2 aromatic carbocycles. The molecule has 0 amide bonds. The van der Waals surface area contributed by atoms with Crippen LogP contribution in [-0.4, -0.2) is 19.8 Å². The third kappa shape index (κ3) is 3.42. The van der Waals surface area contributed by atoms with E-state index in [1.807, 2.05) is 0 Å². The molecule has 0 fully saturated rings. The zero-order chi connectivity index (χ0) is 18.2. The van der Waals surface area contributed by atoms with E-state index >= 15 is 0 Å². The summed E-state index contributed by atoms with van der Waals surface area (Å²) in [4.78, 5) is 0. The quantitative estimate of drug-likeness (QED) is 0.841. The molecule has 0 bridgehead atoms. The second-order valence-corrected chi connectivity index (χ2v) is 5.87. The summed E-state index contributed by atoms with van der Waals surface area (Å²) in [5, 5.41) is 0. The average Bonchev–Trinajstić information content (AvgIpc) is 2.59. The smallest absolute Gasteiger partial charge is 0.417 e. The second kappa shape index (κ2) is 6.55. The first-order chi connectivity index (χ1) is 11.8. The molecular formula is C18H17F4NO2. The van der Waals surface area contributed by atoms with Crippen LogP contribution in [0.1, 0.15) is 17.5 Å². The molecule has 0 radical (unpaired) electrons. The molecule has 1 aliphatic rings. The number of alkyl halides is 3. The van der Waals surface area contributed by atoms with E-state index in [1.165, 1.54) is 25.3 Å². The van der Waals surface area contributed by atoms with Gasteiger partial charge in [0.1, 0.15) is 23.4 Å². The van der Waals surface area contributed by atoms with Crippen LogP contribution >= 0.6 is 0 Å². The van der Waals surface area contributed by atoms with E-state index < -0.39 is 17.6 Å². The van der Waals surface area contributed by atoms with Crippen LogP contribution < -0.4 is 15.2 Å². The Bertz CT molecular complexity index is 789. The van der Waals surface area contributed by atoms with Gasteiger partial charge in [0.2, 0.25) is 0 Å². The van der Waals surface area contributed by atoms with Gasteiger partial charge in [-0.3, -0.25) is 0 Å². The predicted octanol–water partition coefficient (Wildman–Crippen LogP) is 4.17. The molecule has 1 heterocycles. The highest BCUT2D eigenvalue weighted by molar-refractivity contribution is 5.76. The molecule has 2 aromatic rings. The molecule has 2 N–H and O–H groups in total. The van der Waals surface area contributed by atoms with Crippen LogP contribution in [0.4, 0.5) is 17.6 Å². The summed E-state index contributed by atoms with van der Waals surface area (Å²) >= 11 is 0. The predicted molar refractivity (Wildman–Crippen MR) is 85.2 cm³/mol. The van der Waals surface area contributed by atoms with E-state index in [-0.39, 0.29) is 35.3 Å². The number of hydrogen-bond acceptors (Lipinski definition) is 3. The van der Waals surface area contributed by atoms with Crippen molar-refractivity contribution in [2.24, 2.45) is 5.73 Å². The molecule has 0 saturated carbocycles. The lowest BCUT2D eigenvalue weighted by molar-refractivity contribution is -0.137. The molecule has 1 atom stereocenters. The second-order valence-electron chi connectivity index (χ2n) is 5.87. The summed E-state index contributed by atoms with van der Waals surface area (Å²) in [5.74, 6) is -0.270. The van der Waals surface area contributed by atoms with E-state index in [2.05, 4.69) is 0 Å². The van der Waals surface area contributed by atoms with Gasteiger partial charge in [-0.15, -0.1) is 0 Å². The molecule has 3 nitrogen and oxygen atoms in total. The van der Waals surface area contributed by atoms with E-state index in [9.17, 15) is 17.6 Å². The van der Waals surface area contributed by atoms with Crippen molar-refractivity contribution in [1.82, 2.24) is 0 Å². The minimum absolute atomic E-state index is 0.0714. The number of ether oxygens (including phenoxy) is 2. The van der Waals surface area contributed by atoms with Gasteiger partial charge in [-0.2, -0.15) is 13.2 Å².